The van der Waals surface area contributed by atoms with E-state index < -0.39 is 5.92 Å². The normalized spacial score (nSPS) is 12.2. The molecule has 0 saturated heterocycles. The minimum Gasteiger partial charge on any atom is -0.399 e. The number of hydrogen-bond acceptors (Lipinski definition) is 4. The van der Waals surface area contributed by atoms with Crippen molar-refractivity contribution < 1.29 is 4.39 Å². The van der Waals surface area contributed by atoms with Crippen molar-refractivity contribution in [3.8, 4) is 11.3 Å². The molecule has 3 aromatic carbocycles. The summed E-state index contributed by atoms with van der Waals surface area (Å²) >= 11 is 0. The molecule has 2 heterocycles. The highest BCUT2D eigenvalue weighted by molar-refractivity contribution is 5.93. The molecule has 5 nitrogen and oxygen atoms in total. The van der Waals surface area contributed by atoms with Crippen LogP contribution in [0.1, 0.15) is 35.5 Å². The van der Waals surface area contributed by atoms with Crippen LogP contribution in [0.15, 0.2) is 79.0 Å². The molecule has 5 rings (SSSR count). The molecule has 6 heteroatoms. The van der Waals surface area contributed by atoms with E-state index in [0.29, 0.717) is 40.6 Å². The molecule has 2 aromatic heterocycles. The minimum atomic E-state index is -0.568. The largest absolute Gasteiger partial charge is 0.399 e. The molecule has 1 unspecified atom stereocenters. The fraction of sp³-hybridized carbons (Fsp3) is 0.111. The zero-order chi connectivity index (χ0) is 22.9. The van der Waals surface area contributed by atoms with Crippen LogP contribution in [-0.2, 0) is 6.42 Å². The van der Waals surface area contributed by atoms with Gasteiger partial charge in [-0.25, -0.2) is 14.4 Å². The number of H-pyrrole nitrogens is 1. The zero-order valence-corrected chi connectivity index (χ0v) is 18.2. The standard InChI is InChI=1S/C27H24FN5/c1-2-16-9-6-10-21(25(16)28)24(27-31-15-23(33-27)17-7-4-3-5-8-17)22-14-18-13-19(29)11-12-20(18)26(30)32-22/h3-15,24H,2,29H2,1H3,(H2,30,32)(H,31,33). The number of aryl methyl sites for hydroxylation is 1. The van der Waals surface area contributed by atoms with Crippen LogP contribution in [-0.4, -0.2) is 15.0 Å². The highest BCUT2D eigenvalue weighted by Gasteiger charge is 2.26. The Morgan fingerprint density at radius 1 is 0.939 bits per heavy atom. The van der Waals surface area contributed by atoms with E-state index in [0.717, 1.165) is 22.0 Å². The molecule has 0 fully saturated rings. The highest BCUT2D eigenvalue weighted by atomic mass is 19.1. The van der Waals surface area contributed by atoms with Crippen molar-refractivity contribution in [3.63, 3.8) is 0 Å². The molecule has 0 aliphatic rings. The number of nitrogens with two attached hydrogens (primary N) is 2. The predicted octanol–water partition coefficient (Wildman–Crippen LogP) is 5.67. The van der Waals surface area contributed by atoms with Crippen LogP contribution in [0.25, 0.3) is 22.0 Å². The number of halogens is 1. The van der Waals surface area contributed by atoms with Gasteiger partial charge in [0.1, 0.15) is 17.5 Å². The number of nitrogens with one attached hydrogen (secondary N) is 1. The SMILES string of the molecule is CCc1cccc(C(c2cc3cc(N)ccc3c(N)n2)c2nc(-c3ccccc3)c[nH]2)c1F. The van der Waals surface area contributed by atoms with Crippen LogP contribution in [0.5, 0.6) is 0 Å². The zero-order valence-electron chi connectivity index (χ0n) is 18.2. The summed E-state index contributed by atoms with van der Waals surface area (Å²) in [5.41, 5.74) is 16.4. The van der Waals surface area contributed by atoms with E-state index in [2.05, 4.69) is 9.97 Å². The van der Waals surface area contributed by atoms with Gasteiger partial charge in [-0.1, -0.05) is 55.5 Å². The third-order valence-electron chi connectivity index (χ3n) is 5.94. The van der Waals surface area contributed by atoms with Crippen LogP contribution in [0, 0.1) is 5.82 Å². The van der Waals surface area contributed by atoms with E-state index in [-0.39, 0.29) is 5.82 Å². The summed E-state index contributed by atoms with van der Waals surface area (Å²) in [6.45, 7) is 1.94. The Hall–Kier alpha value is -4.19. The molecular formula is C27H24FN5. The molecule has 0 amide bonds. The Kier molecular flexibility index (Phi) is 5.26. The second kappa shape index (κ2) is 8.39. The molecule has 0 saturated carbocycles. The van der Waals surface area contributed by atoms with Crippen LogP contribution in [0.3, 0.4) is 0 Å². The summed E-state index contributed by atoms with van der Waals surface area (Å²) in [7, 11) is 0. The number of nitrogens with zero attached hydrogens (tertiary/aromatic N) is 2. The number of rotatable bonds is 5. The third-order valence-corrected chi connectivity index (χ3v) is 5.94. The van der Waals surface area contributed by atoms with Crippen molar-refractivity contribution in [2.24, 2.45) is 0 Å². The van der Waals surface area contributed by atoms with Crippen molar-refractivity contribution in [1.82, 2.24) is 15.0 Å². The van der Waals surface area contributed by atoms with Gasteiger partial charge >= 0.3 is 0 Å². The molecule has 0 aliphatic heterocycles. The lowest BCUT2D eigenvalue weighted by Crippen LogP contribution is -2.12. The van der Waals surface area contributed by atoms with Gasteiger partial charge < -0.3 is 16.5 Å². The quantitative estimate of drug-likeness (QED) is 0.309. The Labute approximate surface area is 191 Å². The Bertz CT molecular complexity index is 1440. The number of benzene rings is 3. The lowest BCUT2D eigenvalue weighted by molar-refractivity contribution is 0.587. The van der Waals surface area contributed by atoms with Gasteiger partial charge in [-0.3, -0.25) is 0 Å². The first-order chi connectivity index (χ1) is 16.0. The number of nitrogen functional groups attached to an aromatic ring is 2. The second-order valence-electron chi connectivity index (χ2n) is 8.06. The molecule has 0 spiro atoms. The fourth-order valence-corrected chi connectivity index (χ4v) is 4.26. The monoisotopic (exact) mass is 437 g/mol. The average molecular weight is 438 g/mol. The minimum absolute atomic E-state index is 0.254. The van der Waals surface area contributed by atoms with Crippen molar-refractivity contribution in [3.05, 3.63) is 107 Å². The number of aromatic amines is 1. The number of aromatic nitrogens is 3. The predicted molar refractivity (Wildman–Crippen MR) is 131 cm³/mol. The highest BCUT2D eigenvalue weighted by Crippen LogP contribution is 2.36. The van der Waals surface area contributed by atoms with Gasteiger partial charge in [0, 0.05) is 28.4 Å². The smallest absolute Gasteiger partial charge is 0.131 e. The van der Waals surface area contributed by atoms with E-state index in [4.69, 9.17) is 16.5 Å². The maximum atomic E-state index is 15.6. The van der Waals surface area contributed by atoms with Crippen LogP contribution >= 0.6 is 0 Å². The summed E-state index contributed by atoms with van der Waals surface area (Å²) < 4.78 is 15.6. The summed E-state index contributed by atoms with van der Waals surface area (Å²) in [5, 5.41) is 1.66. The maximum absolute atomic E-state index is 15.6. The molecule has 0 bridgehead atoms. The van der Waals surface area contributed by atoms with Gasteiger partial charge in [-0.2, -0.15) is 0 Å². The first-order valence-corrected chi connectivity index (χ1v) is 10.9. The van der Waals surface area contributed by atoms with Gasteiger partial charge in [-0.15, -0.1) is 0 Å². The van der Waals surface area contributed by atoms with Gasteiger partial charge in [0.05, 0.1) is 17.3 Å². The molecule has 5 aromatic rings. The molecule has 5 N–H and O–H groups in total. The van der Waals surface area contributed by atoms with E-state index in [9.17, 15) is 0 Å². The first kappa shape index (κ1) is 20.7. The average Bonchev–Trinajstić information content (AvgIpc) is 3.30. The molecule has 33 heavy (non-hydrogen) atoms. The number of hydrogen-bond donors (Lipinski definition) is 3. The maximum Gasteiger partial charge on any atom is 0.131 e. The van der Waals surface area contributed by atoms with E-state index in [1.54, 1.807) is 18.2 Å². The Morgan fingerprint density at radius 3 is 2.55 bits per heavy atom. The van der Waals surface area contributed by atoms with Gasteiger partial charge in [0.15, 0.2) is 0 Å². The van der Waals surface area contributed by atoms with Crippen molar-refractivity contribution in [2.45, 2.75) is 19.3 Å². The second-order valence-corrected chi connectivity index (χ2v) is 8.06. The van der Waals surface area contributed by atoms with E-state index >= 15 is 4.39 Å². The van der Waals surface area contributed by atoms with Crippen LogP contribution in [0.2, 0.25) is 0 Å². The molecule has 1 atom stereocenters. The van der Waals surface area contributed by atoms with Gasteiger partial charge in [0.25, 0.3) is 0 Å². The first-order valence-electron chi connectivity index (χ1n) is 10.9. The summed E-state index contributed by atoms with van der Waals surface area (Å²) in [6, 6.07) is 22.7. The fourth-order valence-electron chi connectivity index (χ4n) is 4.26. The van der Waals surface area contributed by atoms with Crippen LogP contribution < -0.4 is 11.5 Å². The summed E-state index contributed by atoms with van der Waals surface area (Å²) in [4.78, 5) is 12.8. The lowest BCUT2D eigenvalue weighted by Gasteiger charge is -2.18. The number of imidazole rings is 1. The summed E-state index contributed by atoms with van der Waals surface area (Å²) in [6.07, 6.45) is 2.42. The van der Waals surface area contributed by atoms with E-state index in [1.807, 2.05) is 67.7 Å². The third kappa shape index (κ3) is 3.80. The van der Waals surface area contributed by atoms with Crippen molar-refractivity contribution >= 4 is 22.3 Å². The van der Waals surface area contributed by atoms with Gasteiger partial charge in [-0.05, 0) is 41.6 Å². The topological polar surface area (TPSA) is 93.6 Å². The molecular weight excluding hydrogens is 413 g/mol. The van der Waals surface area contributed by atoms with E-state index in [1.165, 1.54) is 0 Å². The number of fused-ring (bicyclic) bond motifs is 1. The molecule has 0 radical (unpaired) electrons. The van der Waals surface area contributed by atoms with Crippen molar-refractivity contribution in [1.29, 1.82) is 0 Å². The molecule has 0 aliphatic carbocycles. The van der Waals surface area contributed by atoms with Crippen LogP contribution in [0.4, 0.5) is 15.9 Å². The summed E-state index contributed by atoms with van der Waals surface area (Å²) in [5.74, 6) is 0.142. The number of pyridine rings is 1. The van der Waals surface area contributed by atoms with Crippen molar-refractivity contribution in [2.75, 3.05) is 11.5 Å². The number of anilines is 2. The Morgan fingerprint density at radius 2 is 1.76 bits per heavy atom. The lowest BCUT2D eigenvalue weighted by atomic mass is 9.91. The Balaban J connectivity index is 1.73. The molecule has 164 valence electrons. The van der Waals surface area contributed by atoms with Gasteiger partial charge in [0.2, 0.25) is 0 Å².